The molecule has 1 fully saturated rings. The summed E-state index contributed by atoms with van der Waals surface area (Å²) in [5, 5.41) is 0. The number of hydrogen-bond donors (Lipinski definition) is 0. The van der Waals surface area contributed by atoms with Gasteiger partial charge in [0.15, 0.2) is 0 Å². The van der Waals surface area contributed by atoms with Gasteiger partial charge in [0.25, 0.3) is 0 Å². The molecule has 84 valence electrons. The summed E-state index contributed by atoms with van der Waals surface area (Å²) in [7, 11) is 2.23. The fourth-order valence-corrected chi connectivity index (χ4v) is 2.25. The third kappa shape index (κ3) is 3.25. The Morgan fingerprint density at radius 2 is 2.14 bits per heavy atom. The zero-order valence-electron chi connectivity index (χ0n) is 10.3. The molecule has 1 rings (SSSR count). The highest BCUT2D eigenvalue weighted by atomic mass is 15.2. The molecular weight excluding hydrogens is 172 g/mol. The second kappa shape index (κ2) is 5.72. The van der Waals surface area contributed by atoms with Gasteiger partial charge in [-0.2, -0.15) is 0 Å². The van der Waals surface area contributed by atoms with Crippen molar-refractivity contribution >= 4 is 0 Å². The molecule has 1 saturated heterocycles. The Hall–Kier alpha value is -0.0800. The van der Waals surface area contributed by atoms with Crippen molar-refractivity contribution in [3.63, 3.8) is 0 Å². The van der Waals surface area contributed by atoms with Gasteiger partial charge in [-0.1, -0.05) is 6.92 Å². The SMILES string of the molecule is CCN1CCCC1CCN(C)C(C)C. The first-order valence-corrected chi connectivity index (χ1v) is 6.09. The lowest BCUT2D eigenvalue weighted by molar-refractivity contribution is 0.206. The minimum absolute atomic E-state index is 0.687. The normalized spacial score (nSPS) is 24.0. The van der Waals surface area contributed by atoms with Gasteiger partial charge in [-0.15, -0.1) is 0 Å². The number of hydrogen-bond acceptors (Lipinski definition) is 2. The Bertz CT molecular complexity index is 156. The fraction of sp³-hybridized carbons (Fsp3) is 1.00. The molecule has 0 aliphatic carbocycles. The molecule has 1 unspecified atom stereocenters. The van der Waals surface area contributed by atoms with Gasteiger partial charge in [-0.05, 0) is 59.8 Å². The first kappa shape index (κ1) is 12.0. The largest absolute Gasteiger partial charge is 0.304 e. The Kier molecular flexibility index (Phi) is 4.90. The lowest BCUT2D eigenvalue weighted by Gasteiger charge is -2.27. The van der Waals surface area contributed by atoms with E-state index < -0.39 is 0 Å². The summed E-state index contributed by atoms with van der Waals surface area (Å²) >= 11 is 0. The smallest absolute Gasteiger partial charge is 0.0108 e. The van der Waals surface area contributed by atoms with Crippen LogP contribution in [-0.2, 0) is 0 Å². The number of nitrogens with zero attached hydrogens (tertiary/aromatic N) is 2. The molecule has 1 aliphatic heterocycles. The van der Waals surface area contributed by atoms with Gasteiger partial charge in [-0.25, -0.2) is 0 Å². The van der Waals surface area contributed by atoms with Gasteiger partial charge in [0.05, 0.1) is 0 Å². The molecule has 2 heteroatoms. The van der Waals surface area contributed by atoms with Crippen molar-refractivity contribution in [2.75, 3.05) is 26.7 Å². The van der Waals surface area contributed by atoms with Crippen LogP contribution < -0.4 is 0 Å². The molecule has 0 N–H and O–H groups in total. The van der Waals surface area contributed by atoms with Crippen LogP contribution in [0, 0.1) is 0 Å². The number of rotatable bonds is 5. The summed E-state index contributed by atoms with van der Waals surface area (Å²) in [6, 6.07) is 1.55. The quantitative estimate of drug-likeness (QED) is 0.668. The molecule has 0 amide bonds. The van der Waals surface area contributed by atoms with E-state index in [0.29, 0.717) is 6.04 Å². The maximum absolute atomic E-state index is 2.63. The van der Waals surface area contributed by atoms with Gasteiger partial charge in [-0.3, -0.25) is 0 Å². The van der Waals surface area contributed by atoms with E-state index >= 15 is 0 Å². The molecule has 1 atom stereocenters. The van der Waals surface area contributed by atoms with Crippen LogP contribution in [-0.4, -0.2) is 48.6 Å². The van der Waals surface area contributed by atoms with Crippen LogP contribution in [0.2, 0.25) is 0 Å². The molecule has 0 saturated carbocycles. The summed E-state index contributed by atoms with van der Waals surface area (Å²) in [5.74, 6) is 0. The highest BCUT2D eigenvalue weighted by Gasteiger charge is 2.22. The van der Waals surface area contributed by atoms with Crippen molar-refractivity contribution in [1.82, 2.24) is 9.80 Å². The Morgan fingerprint density at radius 1 is 1.43 bits per heavy atom. The maximum Gasteiger partial charge on any atom is 0.0108 e. The first-order valence-electron chi connectivity index (χ1n) is 6.09. The average Bonchev–Trinajstić information content (AvgIpc) is 2.60. The maximum atomic E-state index is 2.63. The summed E-state index contributed by atoms with van der Waals surface area (Å²) in [6.07, 6.45) is 4.17. The van der Waals surface area contributed by atoms with Crippen molar-refractivity contribution in [3.05, 3.63) is 0 Å². The zero-order chi connectivity index (χ0) is 10.6. The van der Waals surface area contributed by atoms with E-state index in [9.17, 15) is 0 Å². The van der Waals surface area contributed by atoms with Crippen LogP contribution in [0.1, 0.15) is 40.0 Å². The van der Waals surface area contributed by atoms with Gasteiger partial charge >= 0.3 is 0 Å². The first-order chi connectivity index (χ1) is 6.65. The predicted molar refractivity (Wildman–Crippen MR) is 62.7 cm³/mol. The van der Waals surface area contributed by atoms with E-state index in [0.717, 1.165) is 6.04 Å². The number of likely N-dealkylation sites (tertiary alicyclic amines) is 1. The lowest BCUT2D eigenvalue weighted by atomic mass is 10.1. The molecule has 0 spiro atoms. The van der Waals surface area contributed by atoms with Crippen molar-refractivity contribution in [2.45, 2.75) is 52.1 Å². The minimum Gasteiger partial charge on any atom is -0.304 e. The van der Waals surface area contributed by atoms with Crippen molar-refractivity contribution in [3.8, 4) is 0 Å². The van der Waals surface area contributed by atoms with Gasteiger partial charge in [0.2, 0.25) is 0 Å². The molecule has 0 bridgehead atoms. The third-order valence-corrected chi connectivity index (χ3v) is 3.60. The summed E-state index contributed by atoms with van der Waals surface area (Å²) in [6.45, 7) is 10.6. The van der Waals surface area contributed by atoms with E-state index in [4.69, 9.17) is 0 Å². The standard InChI is InChI=1S/C12H26N2/c1-5-14-9-6-7-12(14)8-10-13(4)11(2)3/h11-12H,5-10H2,1-4H3. The Labute approximate surface area is 89.3 Å². The van der Waals surface area contributed by atoms with E-state index in [1.807, 2.05) is 0 Å². The molecule has 0 aromatic heterocycles. The monoisotopic (exact) mass is 198 g/mol. The molecule has 0 radical (unpaired) electrons. The van der Waals surface area contributed by atoms with Crippen molar-refractivity contribution in [2.24, 2.45) is 0 Å². The van der Waals surface area contributed by atoms with Gasteiger partial charge in [0.1, 0.15) is 0 Å². The van der Waals surface area contributed by atoms with Crippen molar-refractivity contribution < 1.29 is 0 Å². The van der Waals surface area contributed by atoms with Crippen LogP contribution in [0.3, 0.4) is 0 Å². The summed E-state index contributed by atoms with van der Waals surface area (Å²) in [4.78, 5) is 5.08. The van der Waals surface area contributed by atoms with Crippen LogP contribution in [0.15, 0.2) is 0 Å². The van der Waals surface area contributed by atoms with E-state index in [1.165, 1.54) is 38.9 Å². The average molecular weight is 198 g/mol. The van der Waals surface area contributed by atoms with Crippen LogP contribution in [0.5, 0.6) is 0 Å². The van der Waals surface area contributed by atoms with Crippen LogP contribution >= 0.6 is 0 Å². The van der Waals surface area contributed by atoms with Crippen molar-refractivity contribution in [1.29, 1.82) is 0 Å². The molecule has 1 heterocycles. The lowest BCUT2D eigenvalue weighted by Crippen LogP contribution is -2.34. The summed E-state index contributed by atoms with van der Waals surface area (Å²) < 4.78 is 0. The van der Waals surface area contributed by atoms with Crippen LogP contribution in [0.4, 0.5) is 0 Å². The molecule has 2 nitrogen and oxygen atoms in total. The van der Waals surface area contributed by atoms with E-state index in [-0.39, 0.29) is 0 Å². The van der Waals surface area contributed by atoms with Crippen LogP contribution in [0.25, 0.3) is 0 Å². The highest BCUT2D eigenvalue weighted by Crippen LogP contribution is 2.19. The molecule has 0 aromatic carbocycles. The Balaban J connectivity index is 2.23. The van der Waals surface area contributed by atoms with E-state index in [2.05, 4.69) is 37.6 Å². The second-order valence-electron chi connectivity index (χ2n) is 4.79. The van der Waals surface area contributed by atoms with Gasteiger partial charge in [0, 0.05) is 12.1 Å². The molecule has 0 aromatic rings. The second-order valence-corrected chi connectivity index (χ2v) is 4.79. The molecule has 14 heavy (non-hydrogen) atoms. The predicted octanol–water partition coefficient (Wildman–Crippen LogP) is 2.20. The van der Waals surface area contributed by atoms with Gasteiger partial charge < -0.3 is 9.80 Å². The third-order valence-electron chi connectivity index (χ3n) is 3.60. The minimum atomic E-state index is 0.687. The topological polar surface area (TPSA) is 6.48 Å². The highest BCUT2D eigenvalue weighted by molar-refractivity contribution is 4.79. The van der Waals surface area contributed by atoms with E-state index in [1.54, 1.807) is 0 Å². The summed E-state index contributed by atoms with van der Waals surface area (Å²) in [5.41, 5.74) is 0. The molecule has 1 aliphatic rings. The zero-order valence-corrected chi connectivity index (χ0v) is 10.3. The fourth-order valence-electron chi connectivity index (χ4n) is 2.25. The Morgan fingerprint density at radius 3 is 2.71 bits per heavy atom. The molecular formula is C12H26N2.